The summed E-state index contributed by atoms with van der Waals surface area (Å²) in [5.74, 6) is 0.896. The summed E-state index contributed by atoms with van der Waals surface area (Å²) in [7, 11) is 2.92. The third-order valence-electron chi connectivity index (χ3n) is 6.94. The van der Waals surface area contributed by atoms with Crippen LogP contribution in [0.2, 0.25) is 5.02 Å². The average molecular weight is 638 g/mol. The smallest absolute Gasteiger partial charge is 0.338 e. The van der Waals surface area contributed by atoms with Crippen molar-refractivity contribution >= 4 is 40.7 Å². The van der Waals surface area contributed by atoms with Crippen molar-refractivity contribution in [2.45, 2.75) is 32.7 Å². The van der Waals surface area contributed by atoms with Gasteiger partial charge < -0.3 is 18.6 Å². The highest BCUT2D eigenvalue weighted by molar-refractivity contribution is 7.07. The molecule has 2 aromatic carbocycles. The summed E-state index contributed by atoms with van der Waals surface area (Å²) >= 11 is 7.56. The Kier molecular flexibility index (Phi) is 9.02. The third kappa shape index (κ3) is 5.78. The molecule has 0 radical (unpaired) electrons. The number of thiazole rings is 1. The highest BCUT2D eigenvalue weighted by atomic mass is 35.5. The first-order valence-corrected chi connectivity index (χ1v) is 14.9. The average Bonchev–Trinajstić information content (AvgIpc) is 3.60. The van der Waals surface area contributed by atoms with Crippen LogP contribution in [0.15, 0.2) is 74.0 Å². The number of hydrogen-bond donors (Lipinski definition) is 0. The Hall–Kier alpha value is -4.68. The van der Waals surface area contributed by atoms with Crippen molar-refractivity contribution in [3.05, 3.63) is 106 Å². The minimum absolute atomic E-state index is 0.117. The van der Waals surface area contributed by atoms with Crippen LogP contribution < -0.4 is 24.4 Å². The maximum atomic E-state index is 14.1. The lowest BCUT2D eigenvalue weighted by molar-refractivity contribution is -0.384. The van der Waals surface area contributed by atoms with E-state index in [-0.39, 0.29) is 23.6 Å². The molecular weight excluding hydrogens is 610 g/mol. The van der Waals surface area contributed by atoms with Crippen LogP contribution in [0.5, 0.6) is 11.5 Å². The maximum Gasteiger partial charge on any atom is 0.338 e. The van der Waals surface area contributed by atoms with Crippen molar-refractivity contribution in [1.29, 1.82) is 0 Å². The standard InChI is InChI=1S/C31H28ClN3O8S/c1-5-7-22-27(30(37)42-6-2)28(21-14-17(32)8-12-23(21)40-3)34-29(36)26(44-31(34)33-22)16-19-10-13-24(43-19)20-11-9-18(35(38)39)15-25(20)41-4/h8-16,28H,5-7H2,1-4H3/b26-16+/t28-/m0/s1. The Bertz CT molecular complexity index is 1970. The number of nitro groups is 1. The number of benzene rings is 2. The zero-order valence-corrected chi connectivity index (χ0v) is 25.9. The SMILES string of the molecule is CCCC1=C(C(=O)OCC)[C@H](c2cc(Cl)ccc2OC)n2c(s/c(=C/c3ccc(-c4ccc([N+](=O)[O-])cc4OC)o3)c2=O)=N1. The summed E-state index contributed by atoms with van der Waals surface area (Å²) in [4.78, 5) is 43.3. The lowest BCUT2D eigenvalue weighted by Crippen LogP contribution is -2.40. The number of non-ortho nitro benzene ring substituents is 1. The van der Waals surface area contributed by atoms with E-state index in [1.807, 2.05) is 6.92 Å². The van der Waals surface area contributed by atoms with E-state index in [4.69, 9.17) is 35.2 Å². The summed E-state index contributed by atoms with van der Waals surface area (Å²) < 4.78 is 24.2. The highest BCUT2D eigenvalue weighted by Crippen LogP contribution is 2.38. The number of ether oxygens (including phenoxy) is 3. The molecule has 5 rings (SSSR count). The summed E-state index contributed by atoms with van der Waals surface area (Å²) in [5.41, 5.74) is 1.29. The number of nitro benzene ring substituents is 1. The molecule has 228 valence electrons. The summed E-state index contributed by atoms with van der Waals surface area (Å²) in [6.45, 7) is 3.84. The number of aromatic nitrogens is 1. The number of carbonyl (C=O) groups excluding carboxylic acids is 1. The van der Waals surface area contributed by atoms with Crippen molar-refractivity contribution in [2.75, 3.05) is 20.8 Å². The highest BCUT2D eigenvalue weighted by Gasteiger charge is 2.36. The minimum atomic E-state index is -0.904. The normalized spacial score (nSPS) is 14.7. The van der Waals surface area contributed by atoms with E-state index in [0.717, 1.165) is 11.3 Å². The Labute approximate surface area is 260 Å². The number of nitrogens with zero attached hydrogens (tertiary/aromatic N) is 3. The predicted octanol–water partition coefficient (Wildman–Crippen LogP) is 5.42. The van der Waals surface area contributed by atoms with Crippen molar-refractivity contribution < 1.29 is 28.3 Å². The lowest BCUT2D eigenvalue weighted by Gasteiger charge is -2.27. The number of halogens is 1. The largest absolute Gasteiger partial charge is 0.496 e. The van der Waals surface area contributed by atoms with Gasteiger partial charge in [-0.05, 0) is 49.7 Å². The van der Waals surface area contributed by atoms with Gasteiger partial charge in [-0.3, -0.25) is 19.5 Å². The molecule has 3 heterocycles. The molecule has 0 bridgehead atoms. The summed E-state index contributed by atoms with van der Waals surface area (Å²) in [6.07, 6.45) is 2.78. The van der Waals surface area contributed by atoms with Gasteiger partial charge in [-0.2, -0.15) is 0 Å². The Morgan fingerprint density at radius 1 is 1.14 bits per heavy atom. The van der Waals surface area contributed by atoms with Gasteiger partial charge in [0.1, 0.15) is 29.1 Å². The van der Waals surface area contributed by atoms with Gasteiger partial charge in [0.15, 0.2) is 4.80 Å². The molecule has 4 aromatic rings. The van der Waals surface area contributed by atoms with Gasteiger partial charge in [-0.1, -0.05) is 36.3 Å². The van der Waals surface area contributed by atoms with E-state index in [1.165, 1.54) is 37.0 Å². The number of allylic oxidation sites excluding steroid dienone is 1. The second-order valence-electron chi connectivity index (χ2n) is 9.64. The Morgan fingerprint density at radius 3 is 2.59 bits per heavy atom. The van der Waals surface area contributed by atoms with E-state index < -0.39 is 22.5 Å². The number of hydrogen-bond acceptors (Lipinski definition) is 10. The summed E-state index contributed by atoms with van der Waals surface area (Å²) in [5, 5.41) is 11.6. The van der Waals surface area contributed by atoms with Gasteiger partial charge in [0.05, 0.1) is 53.2 Å². The van der Waals surface area contributed by atoms with Gasteiger partial charge in [-0.25, -0.2) is 9.79 Å². The van der Waals surface area contributed by atoms with Gasteiger partial charge in [-0.15, -0.1) is 0 Å². The minimum Gasteiger partial charge on any atom is -0.496 e. The maximum absolute atomic E-state index is 14.1. The molecule has 1 aliphatic rings. The molecule has 0 amide bonds. The molecule has 0 N–H and O–H groups in total. The van der Waals surface area contributed by atoms with Crippen molar-refractivity contribution in [3.63, 3.8) is 0 Å². The fourth-order valence-corrected chi connectivity index (χ4v) is 6.22. The second-order valence-corrected chi connectivity index (χ2v) is 11.1. The molecule has 44 heavy (non-hydrogen) atoms. The monoisotopic (exact) mass is 637 g/mol. The molecule has 2 aromatic heterocycles. The topological polar surface area (TPSA) is 135 Å². The van der Waals surface area contributed by atoms with Gasteiger partial charge in [0.25, 0.3) is 11.2 Å². The van der Waals surface area contributed by atoms with Crippen LogP contribution in [0.25, 0.3) is 17.4 Å². The molecular formula is C31H28ClN3O8S. The molecule has 0 spiro atoms. The number of carbonyl (C=O) groups is 1. The molecule has 0 unspecified atom stereocenters. The van der Waals surface area contributed by atoms with Crippen molar-refractivity contribution in [3.8, 4) is 22.8 Å². The second kappa shape index (κ2) is 12.9. The van der Waals surface area contributed by atoms with Crippen LogP contribution in [0.1, 0.15) is 44.1 Å². The van der Waals surface area contributed by atoms with E-state index in [9.17, 15) is 19.7 Å². The zero-order chi connectivity index (χ0) is 31.5. The van der Waals surface area contributed by atoms with E-state index >= 15 is 0 Å². The quantitative estimate of drug-likeness (QED) is 0.128. The number of methoxy groups -OCH3 is 2. The zero-order valence-electron chi connectivity index (χ0n) is 24.3. The first kappa shape index (κ1) is 30.8. The molecule has 13 heteroatoms. The molecule has 1 aliphatic heterocycles. The lowest BCUT2D eigenvalue weighted by atomic mass is 9.93. The number of rotatable bonds is 10. The van der Waals surface area contributed by atoms with Crippen LogP contribution in [-0.4, -0.2) is 36.3 Å². The molecule has 11 nitrogen and oxygen atoms in total. The Balaban J connectivity index is 1.68. The van der Waals surface area contributed by atoms with E-state index in [2.05, 4.69) is 0 Å². The van der Waals surface area contributed by atoms with Crippen LogP contribution in [0, 0.1) is 10.1 Å². The summed E-state index contributed by atoms with van der Waals surface area (Å²) in [6, 6.07) is 11.7. The van der Waals surface area contributed by atoms with Crippen LogP contribution in [0.4, 0.5) is 5.69 Å². The number of fused-ring (bicyclic) bond motifs is 1. The first-order chi connectivity index (χ1) is 21.2. The van der Waals surface area contributed by atoms with Crippen molar-refractivity contribution in [1.82, 2.24) is 4.57 Å². The Morgan fingerprint density at radius 2 is 1.91 bits per heavy atom. The van der Waals surface area contributed by atoms with Crippen LogP contribution in [-0.2, 0) is 9.53 Å². The van der Waals surface area contributed by atoms with Crippen LogP contribution in [0.3, 0.4) is 0 Å². The van der Waals surface area contributed by atoms with Gasteiger partial charge in [0.2, 0.25) is 0 Å². The van der Waals surface area contributed by atoms with E-state index in [1.54, 1.807) is 43.3 Å². The molecule has 0 aliphatic carbocycles. The molecule has 0 saturated heterocycles. The molecule has 0 fully saturated rings. The van der Waals surface area contributed by atoms with E-state index in [0.29, 0.717) is 61.3 Å². The fourth-order valence-electron chi connectivity index (χ4n) is 5.04. The van der Waals surface area contributed by atoms with Crippen molar-refractivity contribution in [2.24, 2.45) is 4.99 Å². The number of furan rings is 1. The number of esters is 1. The van der Waals surface area contributed by atoms with Gasteiger partial charge in [0, 0.05) is 22.7 Å². The predicted molar refractivity (Wildman–Crippen MR) is 165 cm³/mol. The first-order valence-electron chi connectivity index (χ1n) is 13.7. The van der Waals surface area contributed by atoms with Gasteiger partial charge >= 0.3 is 5.97 Å². The molecule has 1 atom stereocenters. The van der Waals surface area contributed by atoms with Crippen LogP contribution >= 0.6 is 22.9 Å². The third-order valence-corrected chi connectivity index (χ3v) is 8.16. The molecule has 0 saturated carbocycles. The fraction of sp³-hybridized carbons (Fsp3) is 0.258.